The summed E-state index contributed by atoms with van der Waals surface area (Å²) in [6, 6.07) is 12.2. The summed E-state index contributed by atoms with van der Waals surface area (Å²) in [4.78, 5) is 30.8. The Labute approximate surface area is 190 Å². The molecule has 32 heavy (non-hydrogen) atoms. The van der Waals surface area contributed by atoms with Gasteiger partial charge in [0.2, 0.25) is 11.8 Å². The van der Waals surface area contributed by atoms with Gasteiger partial charge >= 0.3 is 0 Å². The van der Waals surface area contributed by atoms with Gasteiger partial charge in [0.1, 0.15) is 13.2 Å². The zero-order chi connectivity index (χ0) is 23.1. The molecule has 0 spiro atoms. The van der Waals surface area contributed by atoms with Crippen LogP contribution in [0.25, 0.3) is 11.3 Å². The maximum absolute atomic E-state index is 12.9. The lowest BCUT2D eigenvalue weighted by Crippen LogP contribution is -2.53. The van der Waals surface area contributed by atoms with E-state index in [2.05, 4.69) is 34.2 Å². The molecular formula is C24H33N5O3. The molecule has 172 valence electrons. The highest BCUT2D eigenvalue weighted by atomic mass is 16.5. The van der Waals surface area contributed by atoms with E-state index < -0.39 is 0 Å². The van der Waals surface area contributed by atoms with Gasteiger partial charge in [0.15, 0.2) is 5.82 Å². The second-order valence-corrected chi connectivity index (χ2v) is 8.22. The van der Waals surface area contributed by atoms with Crippen LogP contribution < -0.4 is 4.90 Å². The number of anilines is 1. The van der Waals surface area contributed by atoms with Crippen molar-refractivity contribution in [2.75, 3.05) is 51.3 Å². The second-order valence-electron chi connectivity index (χ2n) is 8.22. The predicted octanol–water partition coefficient (Wildman–Crippen LogP) is 2.37. The Morgan fingerprint density at radius 3 is 2.31 bits per heavy atom. The summed E-state index contributed by atoms with van der Waals surface area (Å²) in [5.41, 5.74) is 3.09. The summed E-state index contributed by atoms with van der Waals surface area (Å²) < 4.78 is 4.98. The molecule has 0 aliphatic carbocycles. The summed E-state index contributed by atoms with van der Waals surface area (Å²) in [5.74, 6) is 0.623. The SMILES string of the molecule is CC[C@H](C)N(CC(=O)N1CCN(c2ccc(-c3ccc(C)cc3)nn2)CC1)C(=O)COC. The van der Waals surface area contributed by atoms with E-state index in [1.54, 1.807) is 4.90 Å². The molecule has 2 heterocycles. The summed E-state index contributed by atoms with van der Waals surface area (Å²) >= 11 is 0. The number of hydrogen-bond donors (Lipinski definition) is 0. The van der Waals surface area contributed by atoms with Crippen molar-refractivity contribution in [3.63, 3.8) is 0 Å². The molecule has 2 amide bonds. The maximum atomic E-state index is 12.9. The van der Waals surface area contributed by atoms with E-state index >= 15 is 0 Å². The molecule has 1 atom stereocenters. The van der Waals surface area contributed by atoms with Gasteiger partial charge in [0.05, 0.1) is 5.69 Å². The number of hydrogen-bond acceptors (Lipinski definition) is 6. The molecule has 0 N–H and O–H groups in total. The number of benzene rings is 1. The molecular weight excluding hydrogens is 406 g/mol. The van der Waals surface area contributed by atoms with E-state index in [4.69, 9.17) is 4.74 Å². The molecule has 8 heteroatoms. The number of piperazine rings is 1. The third-order valence-corrected chi connectivity index (χ3v) is 5.97. The Bertz CT molecular complexity index is 893. The van der Waals surface area contributed by atoms with Crippen molar-refractivity contribution < 1.29 is 14.3 Å². The number of aryl methyl sites for hydroxylation is 1. The van der Waals surface area contributed by atoms with Gasteiger partial charge in [-0.2, -0.15) is 0 Å². The molecule has 1 saturated heterocycles. The lowest BCUT2D eigenvalue weighted by atomic mass is 10.1. The Morgan fingerprint density at radius 2 is 1.75 bits per heavy atom. The van der Waals surface area contributed by atoms with Crippen molar-refractivity contribution in [1.29, 1.82) is 0 Å². The third-order valence-electron chi connectivity index (χ3n) is 5.97. The number of rotatable bonds is 8. The van der Waals surface area contributed by atoms with Crippen LogP contribution >= 0.6 is 0 Å². The van der Waals surface area contributed by atoms with Crippen LogP contribution in [0.3, 0.4) is 0 Å². The van der Waals surface area contributed by atoms with E-state index in [1.807, 2.05) is 43.0 Å². The van der Waals surface area contributed by atoms with Gasteiger partial charge in [0, 0.05) is 44.9 Å². The van der Waals surface area contributed by atoms with Gasteiger partial charge in [-0.3, -0.25) is 9.59 Å². The lowest BCUT2D eigenvalue weighted by Gasteiger charge is -2.37. The van der Waals surface area contributed by atoms with Crippen LogP contribution in [0, 0.1) is 6.92 Å². The fourth-order valence-corrected chi connectivity index (χ4v) is 3.72. The summed E-state index contributed by atoms with van der Waals surface area (Å²) in [6.45, 7) is 8.64. The Hall–Kier alpha value is -3.00. The van der Waals surface area contributed by atoms with Gasteiger partial charge in [0.25, 0.3) is 0 Å². The van der Waals surface area contributed by atoms with Crippen LogP contribution in [0.15, 0.2) is 36.4 Å². The van der Waals surface area contributed by atoms with Crippen molar-refractivity contribution in [2.24, 2.45) is 0 Å². The van der Waals surface area contributed by atoms with Crippen LogP contribution in [-0.4, -0.2) is 84.3 Å². The third kappa shape index (κ3) is 5.82. The fraction of sp³-hybridized carbons (Fsp3) is 0.500. The van der Waals surface area contributed by atoms with Crippen LogP contribution in [0.5, 0.6) is 0 Å². The topological polar surface area (TPSA) is 78.9 Å². The Kier molecular flexibility index (Phi) is 8.16. The number of aromatic nitrogens is 2. The summed E-state index contributed by atoms with van der Waals surface area (Å²) in [5, 5.41) is 8.79. The van der Waals surface area contributed by atoms with Crippen molar-refractivity contribution >= 4 is 17.6 Å². The van der Waals surface area contributed by atoms with Crippen LogP contribution in [0.2, 0.25) is 0 Å². The molecule has 0 unspecified atom stereocenters. The van der Waals surface area contributed by atoms with Gasteiger partial charge in [-0.1, -0.05) is 36.8 Å². The Balaban J connectivity index is 1.56. The van der Waals surface area contributed by atoms with Crippen molar-refractivity contribution in [3.8, 4) is 11.3 Å². The highest BCUT2D eigenvalue weighted by molar-refractivity contribution is 5.85. The predicted molar refractivity (Wildman–Crippen MR) is 124 cm³/mol. The lowest BCUT2D eigenvalue weighted by molar-refractivity contribution is -0.144. The van der Waals surface area contributed by atoms with Crippen molar-refractivity contribution in [3.05, 3.63) is 42.0 Å². The summed E-state index contributed by atoms with van der Waals surface area (Å²) in [6.07, 6.45) is 0.785. The van der Waals surface area contributed by atoms with E-state index in [9.17, 15) is 9.59 Å². The molecule has 1 fully saturated rings. The average molecular weight is 440 g/mol. The highest BCUT2D eigenvalue weighted by Gasteiger charge is 2.27. The van der Waals surface area contributed by atoms with E-state index in [-0.39, 0.29) is 31.0 Å². The second kappa shape index (κ2) is 11.0. The number of amides is 2. The minimum absolute atomic E-state index is 0.00907. The largest absolute Gasteiger partial charge is 0.375 e. The first-order valence-corrected chi connectivity index (χ1v) is 11.1. The first-order valence-electron chi connectivity index (χ1n) is 11.1. The summed E-state index contributed by atoms with van der Waals surface area (Å²) in [7, 11) is 1.49. The normalized spacial score (nSPS) is 14.9. The van der Waals surface area contributed by atoms with Crippen molar-refractivity contribution in [2.45, 2.75) is 33.2 Å². The van der Waals surface area contributed by atoms with Gasteiger partial charge in [-0.05, 0) is 32.4 Å². The molecule has 0 saturated carbocycles. The molecule has 8 nitrogen and oxygen atoms in total. The van der Waals surface area contributed by atoms with E-state index in [0.717, 1.165) is 23.5 Å². The molecule has 3 rings (SSSR count). The molecule has 1 aromatic heterocycles. The maximum Gasteiger partial charge on any atom is 0.249 e. The number of carbonyl (C=O) groups excluding carboxylic acids is 2. The molecule has 2 aromatic rings. The van der Waals surface area contributed by atoms with E-state index in [1.165, 1.54) is 12.7 Å². The molecule has 0 radical (unpaired) electrons. The van der Waals surface area contributed by atoms with Crippen LogP contribution in [0.1, 0.15) is 25.8 Å². The first kappa shape index (κ1) is 23.7. The van der Waals surface area contributed by atoms with Crippen LogP contribution in [-0.2, 0) is 14.3 Å². The van der Waals surface area contributed by atoms with Gasteiger partial charge in [-0.25, -0.2) is 0 Å². The molecule has 1 aromatic carbocycles. The fourth-order valence-electron chi connectivity index (χ4n) is 3.72. The first-order chi connectivity index (χ1) is 15.4. The van der Waals surface area contributed by atoms with Gasteiger partial charge in [-0.15, -0.1) is 10.2 Å². The minimum atomic E-state index is -0.155. The monoisotopic (exact) mass is 439 g/mol. The standard InChI is InChI=1S/C24H33N5O3/c1-5-19(3)29(24(31)17-32-4)16-23(30)28-14-12-27(13-15-28)22-11-10-21(25-26-22)20-8-6-18(2)7-9-20/h6-11,19H,5,12-17H2,1-4H3/t19-/m0/s1. The number of nitrogens with zero attached hydrogens (tertiary/aromatic N) is 5. The highest BCUT2D eigenvalue weighted by Crippen LogP contribution is 2.20. The van der Waals surface area contributed by atoms with Crippen molar-refractivity contribution in [1.82, 2.24) is 20.0 Å². The molecule has 1 aliphatic rings. The van der Waals surface area contributed by atoms with Gasteiger partial charge < -0.3 is 19.4 Å². The number of carbonyl (C=O) groups is 2. The smallest absolute Gasteiger partial charge is 0.249 e. The minimum Gasteiger partial charge on any atom is -0.375 e. The van der Waals surface area contributed by atoms with E-state index in [0.29, 0.717) is 26.2 Å². The zero-order valence-electron chi connectivity index (χ0n) is 19.5. The average Bonchev–Trinajstić information content (AvgIpc) is 2.82. The number of methoxy groups -OCH3 is 1. The molecule has 0 bridgehead atoms. The Morgan fingerprint density at radius 1 is 1.06 bits per heavy atom. The zero-order valence-corrected chi connectivity index (χ0v) is 19.5. The van der Waals surface area contributed by atoms with Crippen LogP contribution in [0.4, 0.5) is 5.82 Å². The number of ether oxygens (including phenoxy) is 1. The quantitative estimate of drug-likeness (QED) is 0.628. The molecule has 1 aliphatic heterocycles.